The van der Waals surface area contributed by atoms with Gasteiger partial charge in [0.1, 0.15) is 11.5 Å². The van der Waals surface area contributed by atoms with E-state index in [0.29, 0.717) is 28.5 Å². The monoisotopic (exact) mass is 355 g/mol. The van der Waals surface area contributed by atoms with Crippen LogP contribution in [0.2, 0.25) is 0 Å². The van der Waals surface area contributed by atoms with Crippen molar-refractivity contribution in [2.45, 2.75) is 31.5 Å². The maximum Gasteiger partial charge on any atom is 0.259 e. The maximum absolute atomic E-state index is 12.7. The van der Waals surface area contributed by atoms with Crippen LogP contribution in [0.3, 0.4) is 0 Å². The highest BCUT2D eigenvalue weighted by atomic mass is 16.7. The highest BCUT2D eigenvalue weighted by molar-refractivity contribution is 6.06. The number of amides is 1. The Morgan fingerprint density at radius 2 is 1.77 bits per heavy atom. The number of hydrogen-bond donors (Lipinski definition) is 1. The van der Waals surface area contributed by atoms with Crippen molar-refractivity contribution in [3.05, 3.63) is 42.0 Å². The highest BCUT2D eigenvalue weighted by Gasteiger charge is 2.44. The molecule has 6 nitrogen and oxygen atoms in total. The van der Waals surface area contributed by atoms with E-state index < -0.39 is 5.79 Å². The van der Waals surface area contributed by atoms with Crippen molar-refractivity contribution in [3.8, 4) is 23.0 Å². The average molecular weight is 355 g/mol. The van der Waals surface area contributed by atoms with Gasteiger partial charge < -0.3 is 24.3 Å². The van der Waals surface area contributed by atoms with Gasteiger partial charge in [0, 0.05) is 24.6 Å². The third-order valence-electron chi connectivity index (χ3n) is 4.81. The predicted molar refractivity (Wildman–Crippen MR) is 96.4 cm³/mol. The first kappa shape index (κ1) is 16.6. The van der Waals surface area contributed by atoms with Gasteiger partial charge in [-0.05, 0) is 43.2 Å². The van der Waals surface area contributed by atoms with Crippen LogP contribution in [0.1, 0.15) is 36.0 Å². The summed E-state index contributed by atoms with van der Waals surface area (Å²) < 4.78 is 22.5. The van der Waals surface area contributed by atoms with E-state index in [2.05, 4.69) is 5.32 Å². The number of ether oxygens (including phenoxy) is 4. The number of hydrogen-bond acceptors (Lipinski definition) is 5. The first-order valence-corrected chi connectivity index (χ1v) is 8.68. The molecule has 6 heteroatoms. The molecule has 2 aromatic rings. The van der Waals surface area contributed by atoms with Crippen molar-refractivity contribution < 1.29 is 23.7 Å². The quantitative estimate of drug-likeness (QED) is 0.898. The second kappa shape index (κ2) is 6.44. The molecule has 0 unspecified atom stereocenters. The van der Waals surface area contributed by atoms with Crippen LogP contribution in [-0.4, -0.2) is 25.9 Å². The van der Waals surface area contributed by atoms with Gasteiger partial charge in [-0.3, -0.25) is 4.79 Å². The van der Waals surface area contributed by atoms with E-state index in [1.54, 1.807) is 37.4 Å². The fourth-order valence-corrected chi connectivity index (χ4v) is 3.48. The molecule has 1 aliphatic heterocycles. The van der Waals surface area contributed by atoms with Crippen LogP contribution in [0.15, 0.2) is 36.4 Å². The molecule has 2 aromatic carbocycles. The smallest absolute Gasteiger partial charge is 0.259 e. The molecule has 2 aliphatic rings. The summed E-state index contributed by atoms with van der Waals surface area (Å²) in [6.45, 7) is 0. The van der Waals surface area contributed by atoms with Crippen molar-refractivity contribution in [1.29, 1.82) is 0 Å². The zero-order valence-corrected chi connectivity index (χ0v) is 14.8. The molecule has 4 rings (SSSR count). The fraction of sp³-hybridized carbons (Fsp3) is 0.350. The number of rotatable bonds is 4. The van der Waals surface area contributed by atoms with E-state index in [9.17, 15) is 4.79 Å². The third-order valence-corrected chi connectivity index (χ3v) is 4.81. The van der Waals surface area contributed by atoms with Crippen LogP contribution in [0.5, 0.6) is 23.0 Å². The minimum atomic E-state index is -0.513. The van der Waals surface area contributed by atoms with Crippen molar-refractivity contribution in [2.75, 3.05) is 19.5 Å². The van der Waals surface area contributed by atoms with Crippen LogP contribution < -0.4 is 24.3 Å². The summed E-state index contributed by atoms with van der Waals surface area (Å²) in [7, 11) is 3.08. The Balaban J connectivity index is 1.55. The van der Waals surface area contributed by atoms with Gasteiger partial charge in [-0.2, -0.15) is 0 Å². The van der Waals surface area contributed by atoms with Crippen molar-refractivity contribution in [3.63, 3.8) is 0 Å². The van der Waals surface area contributed by atoms with Crippen LogP contribution in [0.25, 0.3) is 0 Å². The summed E-state index contributed by atoms with van der Waals surface area (Å²) >= 11 is 0. The first-order valence-electron chi connectivity index (χ1n) is 8.68. The predicted octanol–water partition coefficient (Wildman–Crippen LogP) is 4.00. The second-order valence-electron chi connectivity index (χ2n) is 6.50. The molecule has 1 saturated carbocycles. The molecule has 0 aromatic heterocycles. The Labute approximate surface area is 152 Å². The zero-order chi connectivity index (χ0) is 18.1. The van der Waals surface area contributed by atoms with Crippen LogP contribution in [0, 0.1) is 0 Å². The number of nitrogens with one attached hydrogen (secondary N) is 1. The van der Waals surface area contributed by atoms with Crippen LogP contribution >= 0.6 is 0 Å². The molecule has 1 amide bonds. The third kappa shape index (κ3) is 2.92. The Bertz CT molecular complexity index is 842. The Hall–Kier alpha value is -2.89. The van der Waals surface area contributed by atoms with Gasteiger partial charge >= 0.3 is 0 Å². The van der Waals surface area contributed by atoms with Gasteiger partial charge in [-0.15, -0.1) is 0 Å². The molecule has 0 radical (unpaired) electrons. The highest BCUT2D eigenvalue weighted by Crippen LogP contribution is 2.47. The molecule has 136 valence electrons. The van der Waals surface area contributed by atoms with Crippen molar-refractivity contribution in [2.24, 2.45) is 0 Å². The summed E-state index contributed by atoms with van der Waals surface area (Å²) in [6, 6.07) is 10.5. The zero-order valence-electron chi connectivity index (χ0n) is 14.8. The lowest BCUT2D eigenvalue weighted by Gasteiger charge is -2.21. The topological polar surface area (TPSA) is 66.0 Å². The molecule has 1 fully saturated rings. The van der Waals surface area contributed by atoms with E-state index >= 15 is 0 Å². The summed E-state index contributed by atoms with van der Waals surface area (Å²) in [5, 5.41) is 2.88. The molecule has 0 bridgehead atoms. The Kier molecular flexibility index (Phi) is 4.11. The Morgan fingerprint density at radius 3 is 2.50 bits per heavy atom. The lowest BCUT2D eigenvalue weighted by Crippen LogP contribution is -2.34. The second-order valence-corrected chi connectivity index (χ2v) is 6.50. The molecular formula is C20H21NO5. The summed E-state index contributed by atoms with van der Waals surface area (Å²) in [6.07, 6.45) is 4.00. The van der Waals surface area contributed by atoms with Gasteiger partial charge in [0.25, 0.3) is 11.7 Å². The molecule has 1 N–H and O–H groups in total. The van der Waals surface area contributed by atoms with Gasteiger partial charge in [0.05, 0.1) is 19.8 Å². The van der Waals surface area contributed by atoms with Crippen LogP contribution in [-0.2, 0) is 0 Å². The molecule has 0 atom stereocenters. The average Bonchev–Trinajstić information content (AvgIpc) is 3.26. The Morgan fingerprint density at radius 1 is 1.00 bits per heavy atom. The molecule has 1 aliphatic carbocycles. The van der Waals surface area contributed by atoms with E-state index in [4.69, 9.17) is 18.9 Å². The summed E-state index contributed by atoms with van der Waals surface area (Å²) in [5.41, 5.74) is 1.04. The van der Waals surface area contributed by atoms with Gasteiger partial charge in [0.2, 0.25) is 0 Å². The lowest BCUT2D eigenvalue weighted by molar-refractivity contribution is -0.0716. The molecule has 0 saturated heterocycles. The van der Waals surface area contributed by atoms with E-state index in [1.165, 1.54) is 7.11 Å². The first-order chi connectivity index (χ1) is 12.6. The number of benzene rings is 2. The largest absolute Gasteiger partial charge is 0.497 e. The minimum absolute atomic E-state index is 0.282. The van der Waals surface area contributed by atoms with Gasteiger partial charge in [-0.25, -0.2) is 0 Å². The number of methoxy groups -OCH3 is 2. The van der Waals surface area contributed by atoms with E-state index in [0.717, 1.165) is 31.4 Å². The molecule has 26 heavy (non-hydrogen) atoms. The molecule has 1 heterocycles. The van der Waals surface area contributed by atoms with Gasteiger partial charge in [-0.1, -0.05) is 0 Å². The molecule has 1 spiro atoms. The number of carbonyl (C=O) groups excluding carboxylic acids is 1. The SMILES string of the molecule is COc1ccc(OC)c(C(=O)Nc2ccc3c(c2)OC2(CCCC2)O3)c1. The standard InChI is InChI=1S/C20H21NO5/c1-23-14-6-8-16(24-2)15(12-14)19(22)21-13-5-7-17-18(11-13)26-20(25-17)9-3-4-10-20/h5-8,11-12H,3-4,9-10H2,1-2H3,(H,21,22). The van der Waals surface area contributed by atoms with Crippen molar-refractivity contribution >= 4 is 11.6 Å². The maximum atomic E-state index is 12.7. The number of carbonyl (C=O) groups is 1. The molecular weight excluding hydrogens is 334 g/mol. The number of anilines is 1. The van der Waals surface area contributed by atoms with Crippen LogP contribution in [0.4, 0.5) is 5.69 Å². The summed E-state index contributed by atoms with van der Waals surface area (Å²) in [4.78, 5) is 12.7. The van der Waals surface area contributed by atoms with E-state index in [-0.39, 0.29) is 5.91 Å². The summed E-state index contributed by atoms with van der Waals surface area (Å²) in [5.74, 6) is 1.67. The van der Waals surface area contributed by atoms with Crippen molar-refractivity contribution in [1.82, 2.24) is 0 Å². The fourth-order valence-electron chi connectivity index (χ4n) is 3.48. The van der Waals surface area contributed by atoms with E-state index in [1.807, 2.05) is 6.07 Å². The van der Waals surface area contributed by atoms with Gasteiger partial charge in [0.15, 0.2) is 11.5 Å². The normalized spacial score (nSPS) is 16.5. The minimum Gasteiger partial charge on any atom is -0.497 e. The lowest BCUT2D eigenvalue weighted by atomic mass is 10.1. The number of fused-ring (bicyclic) bond motifs is 1.